The van der Waals surface area contributed by atoms with Gasteiger partial charge in [0, 0.05) is 21.8 Å². The van der Waals surface area contributed by atoms with Crippen LogP contribution in [0.1, 0.15) is 41.7 Å². The van der Waals surface area contributed by atoms with Crippen molar-refractivity contribution >= 4 is 21.7 Å². The van der Waals surface area contributed by atoms with Crippen molar-refractivity contribution in [2.45, 2.75) is 40.0 Å². The molecule has 1 aliphatic rings. The lowest BCUT2D eigenvalue weighted by Gasteiger charge is -2.21. The lowest BCUT2D eigenvalue weighted by molar-refractivity contribution is 0.660. The van der Waals surface area contributed by atoms with Crippen molar-refractivity contribution in [3.05, 3.63) is 222 Å². The van der Waals surface area contributed by atoms with Gasteiger partial charge < -0.3 is 0 Å². The molecular formula is C55H47N. The monoisotopic (exact) mass is 721 g/mol. The van der Waals surface area contributed by atoms with Gasteiger partial charge in [-0.2, -0.15) is 0 Å². The molecule has 272 valence electrons. The van der Waals surface area contributed by atoms with Crippen LogP contribution in [0.25, 0.3) is 66.3 Å². The highest BCUT2D eigenvalue weighted by Crippen LogP contribution is 2.48. The molecule has 1 aliphatic carbocycles. The number of benzene rings is 8. The van der Waals surface area contributed by atoms with E-state index in [1.165, 1.54) is 77.4 Å². The van der Waals surface area contributed by atoms with Gasteiger partial charge in [0.2, 0.25) is 0 Å². The Kier molecular flexibility index (Phi) is 10.2. The Bertz CT molecular complexity index is 2790. The van der Waals surface area contributed by atoms with Gasteiger partial charge in [0.15, 0.2) is 0 Å². The average Bonchev–Trinajstić information content (AvgIpc) is 3.46. The summed E-state index contributed by atoms with van der Waals surface area (Å²) in [5.41, 5.74) is 18.1. The lowest BCUT2D eigenvalue weighted by Crippen LogP contribution is -2.14. The van der Waals surface area contributed by atoms with Crippen LogP contribution in [-0.2, 0) is 5.41 Å². The molecule has 0 N–H and O–H groups in total. The molecular weight excluding hydrogens is 675 g/mol. The van der Waals surface area contributed by atoms with E-state index in [0.717, 1.165) is 16.8 Å². The molecule has 1 aromatic heterocycles. The molecule has 0 radical (unpaired) electrons. The standard InChI is InChI=1S/C26H19N.C16H16.C13H12/c1-18-8-6-9-19(16-18)20-10-7-11-21(17-20)26-24-14-3-2-12-22(24)23-13-4-5-15-25(23)27-26;1-11-8-9-13-12-6-4-5-7-14(12)16(2,3)15(13)10-11;1-11-7-9-13(10-8-11)12-5-3-2-4-6-12/h2-17H,1H3;4-10H,1-3H3;2-10H,1H3. The van der Waals surface area contributed by atoms with Crippen LogP contribution in [0.2, 0.25) is 0 Å². The third-order valence-electron chi connectivity index (χ3n) is 11.0. The van der Waals surface area contributed by atoms with Crippen LogP contribution in [0.4, 0.5) is 0 Å². The number of fused-ring (bicyclic) bond motifs is 6. The number of aryl methyl sites for hydroxylation is 3. The van der Waals surface area contributed by atoms with Crippen LogP contribution < -0.4 is 0 Å². The Morgan fingerprint density at radius 3 is 1.64 bits per heavy atom. The van der Waals surface area contributed by atoms with Crippen molar-refractivity contribution in [1.29, 1.82) is 0 Å². The summed E-state index contributed by atoms with van der Waals surface area (Å²) in [7, 11) is 0. The fraction of sp³-hybridized carbons (Fsp3) is 0.109. The van der Waals surface area contributed by atoms with Crippen LogP contribution in [0.5, 0.6) is 0 Å². The summed E-state index contributed by atoms with van der Waals surface area (Å²) in [5.74, 6) is 0. The molecule has 1 nitrogen and oxygen atoms in total. The van der Waals surface area contributed by atoms with Gasteiger partial charge >= 0.3 is 0 Å². The molecule has 9 aromatic rings. The molecule has 0 bridgehead atoms. The van der Waals surface area contributed by atoms with E-state index in [9.17, 15) is 0 Å². The van der Waals surface area contributed by atoms with Gasteiger partial charge in [-0.3, -0.25) is 0 Å². The minimum Gasteiger partial charge on any atom is -0.247 e. The highest BCUT2D eigenvalue weighted by atomic mass is 14.7. The fourth-order valence-electron chi connectivity index (χ4n) is 7.99. The van der Waals surface area contributed by atoms with Crippen molar-refractivity contribution in [1.82, 2.24) is 4.98 Å². The minimum absolute atomic E-state index is 0.151. The van der Waals surface area contributed by atoms with E-state index in [2.05, 4.69) is 223 Å². The third kappa shape index (κ3) is 7.41. The summed E-state index contributed by atoms with van der Waals surface area (Å²) >= 11 is 0. The largest absolute Gasteiger partial charge is 0.247 e. The van der Waals surface area contributed by atoms with E-state index in [4.69, 9.17) is 4.98 Å². The SMILES string of the molecule is Cc1ccc(-c2ccccc2)cc1.Cc1ccc2c(c1)C(C)(C)c1ccccc1-2.Cc1cccc(-c2cccc(-c3nc4ccccc4c4ccccc34)c2)c1. The second kappa shape index (κ2) is 15.7. The van der Waals surface area contributed by atoms with Gasteiger partial charge in [-0.25, -0.2) is 4.98 Å². The normalized spacial score (nSPS) is 12.2. The summed E-state index contributed by atoms with van der Waals surface area (Å²) in [5, 5.41) is 3.64. The lowest BCUT2D eigenvalue weighted by atomic mass is 9.82. The summed E-state index contributed by atoms with van der Waals surface area (Å²) in [6, 6.07) is 68.8. The van der Waals surface area contributed by atoms with Crippen LogP contribution >= 0.6 is 0 Å². The maximum atomic E-state index is 5.03. The average molecular weight is 722 g/mol. The minimum atomic E-state index is 0.151. The zero-order valence-corrected chi connectivity index (χ0v) is 32.9. The summed E-state index contributed by atoms with van der Waals surface area (Å²) in [4.78, 5) is 5.03. The predicted molar refractivity (Wildman–Crippen MR) is 240 cm³/mol. The molecule has 0 unspecified atom stereocenters. The Hall–Kier alpha value is -6.57. The number of hydrogen-bond acceptors (Lipinski definition) is 1. The number of para-hydroxylation sites is 1. The molecule has 1 heterocycles. The number of pyridine rings is 1. The van der Waals surface area contributed by atoms with E-state index >= 15 is 0 Å². The number of rotatable bonds is 3. The Morgan fingerprint density at radius 1 is 0.339 bits per heavy atom. The van der Waals surface area contributed by atoms with E-state index in [-0.39, 0.29) is 5.41 Å². The first-order valence-electron chi connectivity index (χ1n) is 19.5. The van der Waals surface area contributed by atoms with E-state index in [1.807, 2.05) is 6.07 Å². The molecule has 10 rings (SSSR count). The molecule has 1 heteroatoms. The summed E-state index contributed by atoms with van der Waals surface area (Å²) < 4.78 is 0. The molecule has 0 aliphatic heterocycles. The van der Waals surface area contributed by atoms with Crippen LogP contribution in [0, 0.1) is 20.8 Å². The molecule has 0 saturated heterocycles. The molecule has 0 fully saturated rings. The smallest absolute Gasteiger partial charge is 0.0788 e. The predicted octanol–water partition coefficient (Wildman–Crippen LogP) is 15.0. The molecule has 0 saturated carbocycles. The highest BCUT2D eigenvalue weighted by molar-refractivity contribution is 6.11. The zero-order valence-electron chi connectivity index (χ0n) is 32.9. The quantitative estimate of drug-likeness (QED) is 0.166. The van der Waals surface area contributed by atoms with Crippen molar-refractivity contribution in [2.24, 2.45) is 0 Å². The maximum absolute atomic E-state index is 5.03. The van der Waals surface area contributed by atoms with Gasteiger partial charge in [0.05, 0.1) is 11.2 Å². The second-order valence-electron chi connectivity index (χ2n) is 15.4. The Labute approximate surface area is 332 Å². The zero-order chi connectivity index (χ0) is 38.6. The Morgan fingerprint density at radius 2 is 0.875 bits per heavy atom. The molecule has 0 atom stereocenters. The molecule has 0 spiro atoms. The maximum Gasteiger partial charge on any atom is 0.0788 e. The van der Waals surface area contributed by atoms with E-state index in [1.54, 1.807) is 0 Å². The van der Waals surface area contributed by atoms with Crippen LogP contribution in [-0.4, -0.2) is 4.98 Å². The van der Waals surface area contributed by atoms with Crippen molar-refractivity contribution in [3.63, 3.8) is 0 Å². The molecule has 8 aromatic carbocycles. The van der Waals surface area contributed by atoms with Gasteiger partial charge in [0.1, 0.15) is 0 Å². The summed E-state index contributed by atoms with van der Waals surface area (Å²) in [6.45, 7) is 11.0. The first-order valence-corrected chi connectivity index (χ1v) is 19.5. The molecule has 56 heavy (non-hydrogen) atoms. The highest BCUT2D eigenvalue weighted by Gasteiger charge is 2.34. The number of nitrogens with zero attached hydrogens (tertiary/aromatic N) is 1. The first kappa shape index (κ1) is 36.4. The van der Waals surface area contributed by atoms with E-state index in [0.29, 0.717) is 0 Å². The van der Waals surface area contributed by atoms with Crippen molar-refractivity contribution < 1.29 is 0 Å². The fourth-order valence-corrected chi connectivity index (χ4v) is 7.99. The number of hydrogen-bond donors (Lipinski definition) is 0. The van der Waals surface area contributed by atoms with Gasteiger partial charge in [0.25, 0.3) is 0 Å². The van der Waals surface area contributed by atoms with Crippen molar-refractivity contribution in [2.75, 3.05) is 0 Å². The van der Waals surface area contributed by atoms with Gasteiger partial charge in [-0.1, -0.05) is 213 Å². The first-order chi connectivity index (χ1) is 27.3. The van der Waals surface area contributed by atoms with E-state index < -0.39 is 0 Å². The topological polar surface area (TPSA) is 12.9 Å². The third-order valence-corrected chi connectivity index (χ3v) is 11.0. The molecule has 0 amide bonds. The second-order valence-corrected chi connectivity index (χ2v) is 15.4. The van der Waals surface area contributed by atoms with Crippen molar-refractivity contribution in [3.8, 4) is 44.6 Å². The summed E-state index contributed by atoms with van der Waals surface area (Å²) in [6.07, 6.45) is 0. The van der Waals surface area contributed by atoms with Crippen LogP contribution in [0.3, 0.4) is 0 Å². The van der Waals surface area contributed by atoms with Crippen LogP contribution in [0.15, 0.2) is 194 Å². The Balaban J connectivity index is 0.000000129. The van der Waals surface area contributed by atoms with Gasteiger partial charge in [-0.15, -0.1) is 0 Å². The van der Waals surface area contributed by atoms with Gasteiger partial charge in [-0.05, 0) is 82.8 Å². The number of aromatic nitrogens is 1.